The highest BCUT2D eigenvalue weighted by atomic mass is 16.6. The molecule has 0 saturated heterocycles. The smallest absolute Gasteiger partial charge is 0.421 e. The Hall–Kier alpha value is -11.7. The number of ether oxygens (including phenoxy) is 10. The second kappa shape index (κ2) is 49.5. The second-order valence-electron chi connectivity index (χ2n) is 37.7. The topological polar surface area (TPSA) is 595 Å². The van der Waals surface area contributed by atoms with Gasteiger partial charge in [-0.3, -0.25) is 76.7 Å². The zero-order valence-electron chi connectivity index (χ0n) is 78.3. The Morgan fingerprint density at radius 3 is 1.34 bits per heavy atom. The number of benzene rings is 1. The summed E-state index contributed by atoms with van der Waals surface area (Å²) in [7, 11) is 1.04. The molecule has 0 aliphatic carbocycles. The largest absolute Gasteiger partial charge is 0.468 e. The first-order valence-corrected chi connectivity index (χ1v) is 41.1. The van der Waals surface area contributed by atoms with Gasteiger partial charge in [-0.25, -0.2) is 24.1 Å². The number of anilines is 1. The Bertz CT molecular complexity index is 4060. The van der Waals surface area contributed by atoms with Crippen LogP contribution in [0.25, 0.3) is 0 Å². The lowest BCUT2D eigenvalue weighted by atomic mass is 9.95. The molecular weight excluding hydrogens is 1670 g/mol. The van der Waals surface area contributed by atoms with Crippen molar-refractivity contribution in [1.82, 2.24) is 58.5 Å². The highest BCUT2D eigenvalue weighted by Gasteiger charge is 2.42. The number of hydrogen-bond donors (Lipinski definition) is 12. The van der Waals surface area contributed by atoms with Gasteiger partial charge in [0, 0.05) is 18.5 Å². The van der Waals surface area contributed by atoms with Gasteiger partial charge >= 0.3 is 54.1 Å². The molecule has 0 bridgehead atoms. The number of ketones is 1. The van der Waals surface area contributed by atoms with Crippen molar-refractivity contribution in [1.29, 1.82) is 0 Å². The van der Waals surface area contributed by atoms with Crippen LogP contribution in [0.1, 0.15) is 242 Å². The monoisotopic (exact) mass is 1810 g/mol. The molecule has 0 radical (unpaired) electrons. The number of rotatable bonds is 43. The Morgan fingerprint density at radius 2 is 0.843 bits per heavy atom. The van der Waals surface area contributed by atoms with Crippen LogP contribution in [0.2, 0.25) is 0 Å². The molecule has 716 valence electrons. The molecule has 0 spiro atoms. The van der Waals surface area contributed by atoms with Gasteiger partial charge in [0.2, 0.25) is 59.6 Å². The third kappa shape index (κ3) is 48.0. The zero-order chi connectivity index (χ0) is 98.2. The van der Waals surface area contributed by atoms with Crippen LogP contribution in [0.3, 0.4) is 0 Å². The average molecular weight is 1810 g/mol. The molecule has 0 saturated carbocycles. The highest BCUT2D eigenvalue weighted by molar-refractivity contribution is 6.12. The Balaban J connectivity index is 4.42. The third-order valence-corrected chi connectivity index (χ3v) is 16.0. The number of alkyl carbamates (subject to hydrolysis) is 2. The lowest BCUT2D eigenvalue weighted by Crippen LogP contribution is -2.60. The van der Waals surface area contributed by atoms with Gasteiger partial charge in [0.1, 0.15) is 100 Å². The van der Waals surface area contributed by atoms with Crippen LogP contribution in [0.4, 0.5) is 20.1 Å². The van der Waals surface area contributed by atoms with Gasteiger partial charge in [-0.15, -0.1) is 0 Å². The van der Waals surface area contributed by atoms with Crippen LogP contribution in [0.5, 0.6) is 0 Å². The van der Waals surface area contributed by atoms with Gasteiger partial charge in [-0.2, -0.15) is 0 Å². The molecule has 11 atom stereocenters. The lowest BCUT2D eigenvalue weighted by Gasteiger charge is -2.31. The van der Waals surface area contributed by atoms with Crippen molar-refractivity contribution in [3.05, 3.63) is 29.8 Å². The Labute approximate surface area is 740 Å². The quantitative estimate of drug-likeness (QED) is 0.0147. The van der Waals surface area contributed by atoms with Crippen LogP contribution < -0.4 is 69.1 Å². The van der Waals surface area contributed by atoms with Crippen molar-refractivity contribution in [2.75, 3.05) is 38.3 Å². The standard InChI is InChI=1S/C84H135N13O30/c1-45(36-58(101)121-78(7,8)9)63(95-70(111)54(43-119-77(4,5)6)94-75(116)126-83(22,23)24)72(113)93-53(38-56(99)48-32-29-30-34-55(48)97(44-98)76(117)127-84(25,26)27)73(114)120-47(3)64(96-66(107)49(85)37-59(102)122-79(10,11)12)71(112)87-41-57(100)90-50(33-31-35-86-74(115)125-82(19,20)21)68(109)92-52(40-61(104)124-81(16,17)18)69(110)89-46(2)65(106)91-51(39-60(103)123-80(13,14)15)67(108)88-42-62(105)118-28/h29-30,32,34,44-47,49-54,63-64H,31,33,35-43,85H2,1-28H3,(H,86,115)(H,87,112)(H,88,108)(H,89,110)(H,90,100)(H,91,106)(H,92,109)(H,93,113)(H,94,116)(H,95,111)(H,96,107)/t45-,46-,47-,49+,50+,51-,52+,53+,54-,63+,64+/m1/s1. The summed E-state index contributed by atoms with van der Waals surface area (Å²) in [5.41, 5.74) is -3.41. The van der Waals surface area contributed by atoms with Gasteiger partial charge < -0.3 is 112 Å². The van der Waals surface area contributed by atoms with Gasteiger partial charge in [-0.1, -0.05) is 19.1 Å². The normalized spacial score (nSPS) is 14.5. The summed E-state index contributed by atoms with van der Waals surface area (Å²) in [6, 6.07) is -12.4. The number of para-hydroxylation sites is 1. The van der Waals surface area contributed by atoms with Crippen LogP contribution >= 0.6 is 0 Å². The maximum absolute atomic E-state index is 15.3. The molecule has 127 heavy (non-hydrogen) atoms. The van der Waals surface area contributed by atoms with Crippen molar-refractivity contribution in [2.45, 2.75) is 337 Å². The van der Waals surface area contributed by atoms with E-state index in [2.05, 4.69) is 63.2 Å². The molecule has 0 aromatic heterocycles. The number of carbonyl (C=O) groups is 20. The number of esters is 6. The van der Waals surface area contributed by atoms with Gasteiger partial charge in [0.15, 0.2) is 5.78 Å². The number of nitrogens with two attached hydrogens (primary N) is 1. The fourth-order valence-electron chi connectivity index (χ4n) is 10.7. The van der Waals surface area contributed by atoms with Gasteiger partial charge in [0.05, 0.1) is 63.3 Å². The molecule has 13 amide bonds. The Morgan fingerprint density at radius 1 is 0.402 bits per heavy atom. The van der Waals surface area contributed by atoms with Crippen LogP contribution in [-0.2, 0) is 124 Å². The van der Waals surface area contributed by atoms with E-state index in [0.29, 0.717) is 4.90 Å². The molecule has 1 aromatic carbocycles. The van der Waals surface area contributed by atoms with Crippen LogP contribution in [-0.4, -0.2) is 258 Å². The minimum Gasteiger partial charge on any atom is -0.468 e. The van der Waals surface area contributed by atoms with E-state index in [1.165, 1.54) is 102 Å². The zero-order valence-corrected chi connectivity index (χ0v) is 78.3. The Kier molecular flexibility index (Phi) is 44.1. The molecular formula is C84H135N13O30. The lowest BCUT2D eigenvalue weighted by molar-refractivity contribution is -0.158. The van der Waals surface area contributed by atoms with E-state index in [9.17, 15) is 81.5 Å². The summed E-state index contributed by atoms with van der Waals surface area (Å²) >= 11 is 0. The summed E-state index contributed by atoms with van der Waals surface area (Å²) < 4.78 is 54.2. The number of amides is 13. The van der Waals surface area contributed by atoms with Crippen molar-refractivity contribution < 1.29 is 143 Å². The number of Topliss-reactive ketones (excluding diaryl/α,β-unsaturated/α-hetero) is 1. The summed E-state index contributed by atoms with van der Waals surface area (Å²) in [5, 5.41) is 25.8. The highest BCUT2D eigenvalue weighted by Crippen LogP contribution is 2.26. The minimum atomic E-state index is -2.33. The van der Waals surface area contributed by atoms with E-state index in [1.54, 1.807) is 83.1 Å². The number of nitrogens with one attached hydrogen (secondary N) is 11. The first-order chi connectivity index (χ1) is 57.8. The SMILES string of the molecule is COC(=O)CNC(=O)[C@@H](CC(=O)OC(C)(C)C)NC(=O)[C@@H](C)NC(=O)[C@H](CC(=O)OC(C)(C)C)NC(=O)[C@H](CCCNC(=O)OC(C)(C)C)NC(=O)CNC(=O)[C@@H](NC(=O)[C@@H](N)CC(=O)OC(C)(C)C)[C@@H](C)OC(=O)[C@H](CC(=O)c1ccccc1N(C=O)C(=O)OC(C)(C)C)NC(=O)[C@@H](NC(=O)[C@@H](COC(C)(C)C)NC(=O)OC(C)(C)C)[C@H](C)CC(=O)OC(C)(C)C. The van der Waals surface area contributed by atoms with E-state index >= 15 is 14.4 Å². The molecule has 13 N–H and O–H groups in total. The van der Waals surface area contributed by atoms with E-state index in [0.717, 1.165) is 33.1 Å². The van der Waals surface area contributed by atoms with Crippen molar-refractivity contribution in [3.63, 3.8) is 0 Å². The molecule has 0 aliphatic heterocycles. The van der Waals surface area contributed by atoms with E-state index in [1.807, 2.05) is 0 Å². The maximum Gasteiger partial charge on any atom is 0.421 e. The van der Waals surface area contributed by atoms with Crippen LogP contribution in [0.15, 0.2) is 24.3 Å². The number of imide groups is 1. The third-order valence-electron chi connectivity index (χ3n) is 16.0. The summed E-state index contributed by atoms with van der Waals surface area (Å²) in [6.07, 6.45) is -10.4. The van der Waals surface area contributed by atoms with E-state index in [4.69, 9.17) is 48.4 Å². The average Bonchev–Trinajstić information content (AvgIpc) is 0.808. The second-order valence-corrected chi connectivity index (χ2v) is 37.7. The predicted octanol–water partition coefficient (Wildman–Crippen LogP) is 2.81. The molecule has 0 aliphatic rings. The molecule has 43 nitrogen and oxygen atoms in total. The maximum atomic E-state index is 15.3. The van der Waals surface area contributed by atoms with E-state index < -0.39 is 294 Å². The minimum absolute atomic E-state index is 0.0311. The van der Waals surface area contributed by atoms with Crippen molar-refractivity contribution in [2.24, 2.45) is 11.7 Å². The van der Waals surface area contributed by atoms with E-state index in [-0.39, 0.29) is 19.4 Å². The molecule has 1 rings (SSSR count). The molecule has 0 fully saturated rings. The summed E-state index contributed by atoms with van der Waals surface area (Å²) in [6.45, 7) is 37.6. The molecule has 43 heteroatoms. The van der Waals surface area contributed by atoms with Gasteiger partial charge in [0.25, 0.3) is 0 Å². The fraction of sp³-hybridized carbons (Fsp3) is 0.690. The number of carbonyl (C=O) groups excluding carboxylic acids is 20. The predicted molar refractivity (Wildman–Crippen MR) is 454 cm³/mol. The first kappa shape index (κ1) is 113. The first-order valence-electron chi connectivity index (χ1n) is 41.1. The van der Waals surface area contributed by atoms with Crippen molar-refractivity contribution in [3.8, 4) is 0 Å². The molecule has 0 heterocycles. The van der Waals surface area contributed by atoms with Gasteiger partial charge in [-0.05, 0) is 211 Å². The number of nitrogens with zero attached hydrogens (tertiary/aromatic N) is 1. The fourth-order valence-corrected chi connectivity index (χ4v) is 10.7. The number of methoxy groups -OCH3 is 1. The molecule has 1 aromatic rings. The van der Waals surface area contributed by atoms with Crippen LogP contribution in [0, 0.1) is 5.92 Å². The number of hydrogen-bond acceptors (Lipinski definition) is 31. The van der Waals surface area contributed by atoms with Crippen molar-refractivity contribution >= 4 is 125 Å². The summed E-state index contributed by atoms with van der Waals surface area (Å²) in [5.74, 6) is -20.2. The molecule has 0 unspecified atom stereocenters. The summed E-state index contributed by atoms with van der Waals surface area (Å²) in [4.78, 5) is 278.